The van der Waals surface area contributed by atoms with Crippen molar-refractivity contribution in [2.45, 2.75) is 64.6 Å². The molecule has 12 heteroatoms. The number of carboxylic acid groups (broad SMARTS) is 1. The second kappa shape index (κ2) is 9.74. The first-order chi connectivity index (χ1) is 19.9. The van der Waals surface area contributed by atoms with Crippen LogP contribution in [0.15, 0.2) is 42.6 Å². The quantitative estimate of drug-likeness (QED) is 0.353. The average molecular weight is 573 g/mol. The number of carbonyl (C=O) groups excluding carboxylic acids is 1. The van der Waals surface area contributed by atoms with Crippen LogP contribution in [0, 0.1) is 5.82 Å². The van der Waals surface area contributed by atoms with Gasteiger partial charge in [0.25, 0.3) is 0 Å². The Bertz CT molecular complexity index is 1730. The van der Waals surface area contributed by atoms with Crippen molar-refractivity contribution in [3.63, 3.8) is 0 Å². The molecule has 2 aliphatic rings. The molecule has 1 fully saturated rings. The highest BCUT2D eigenvalue weighted by atomic mass is 19.1. The third-order valence-corrected chi connectivity index (χ3v) is 8.07. The Kier molecular flexibility index (Phi) is 6.39. The summed E-state index contributed by atoms with van der Waals surface area (Å²) in [6, 6.07) is 9.92. The number of aromatic nitrogens is 5. The van der Waals surface area contributed by atoms with Gasteiger partial charge in [0, 0.05) is 30.4 Å². The first-order valence-corrected chi connectivity index (χ1v) is 13.9. The number of hydrogen-bond acceptors (Lipinski definition) is 7. The molecule has 1 unspecified atom stereocenters. The highest BCUT2D eigenvalue weighted by molar-refractivity contribution is 6.06. The zero-order valence-corrected chi connectivity index (χ0v) is 24.2. The first-order valence-electron chi connectivity index (χ1n) is 13.9. The summed E-state index contributed by atoms with van der Waals surface area (Å²) in [6.45, 7) is 10.4. The molecule has 4 aromatic rings. The molecule has 0 spiro atoms. The molecule has 218 valence electrons. The molecule has 1 aromatic carbocycles. The van der Waals surface area contributed by atoms with Crippen LogP contribution >= 0.6 is 0 Å². The molecule has 6 rings (SSSR count). The van der Waals surface area contributed by atoms with Gasteiger partial charge in [-0.2, -0.15) is 5.10 Å². The molecule has 5 heterocycles. The predicted octanol–water partition coefficient (Wildman–Crippen LogP) is 4.66. The smallest absolute Gasteiger partial charge is 0.408 e. The Morgan fingerprint density at radius 2 is 1.95 bits per heavy atom. The molecule has 2 aliphatic heterocycles. The highest BCUT2D eigenvalue weighted by Crippen LogP contribution is 2.44. The standard InChI is InChI=1S/C30H33FN8O3/c1-29(2,3)39(28(41)42)18-12-14-37(16-18)26-21-23(35-27(40)30(21,4)5)33-24(34-26)22-19-10-8-13-32-25(19)38(36-22)15-17-9-6-7-11-20(17)31/h6-11,13,18H,12,14-16H2,1-5H3,(H,41,42)(H,33,34,35,40). The van der Waals surface area contributed by atoms with Crippen LogP contribution in [0.25, 0.3) is 22.6 Å². The zero-order valence-electron chi connectivity index (χ0n) is 24.2. The lowest BCUT2D eigenvalue weighted by atomic mass is 9.87. The lowest BCUT2D eigenvalue weighted by molar-refractivity contribution is -0.119. The highest BCUT2D eigenvalue weighted by Gasteiger charge is 2.46. The van der Waals surface area contributed by atoms with Crippen molar-refractivity contribution in [3.05, 3.63) is 59.5 Å². The number of carbonyl (C=O) groups is 2. The maximum Gasteiger partial charge on any atom is 0.408 e. The topological polar surface area (TPSA) is 129 Å². The molecule has 2 N–H and O–H groups in total. The monoisotopic (exact) mass is 572 g/mol. The Hall–Kier alpha value is -4.61. The van der Waals surface area contributed by atoms with E-state index < -0.39 is 17.0 Å². The van der Waals surface area contributed by atoms with E-state index in [2.05, 4.69) is 10.3 Å². The van der Waals surface area contributed by atoms with Crippen molar-refractivity contribution in [2.75, 3.05) is 23.3 Å². The number of benzene rings is 1. The minimum atomic E-state index is -0.973. The molecule has 0 saturated carbocycles. The van der Waals surface area contributed by atoms with E-state index in [9.17, 15) is 19.1 Å². The van der Waals surface area contributed by atoms with Crippen molar-refractivity contribution in [1.82, 2.24) is 29.6 Å². The van der Waals surface area contributed by atoms with Gasteiger partial charge in [-0.15, -0.1) is 0 Å². The van der Waals surface area contributed by atoms with Gasteiger partial charge in [-0.05, 0) is 59.2 Å². The minimum Gasteiger partial charge on any atom is -0.465 e. The third kappa shape index (κ3) is 4.50. The molecule has 0 bridgehead atoms. The number of fused-ring (bicyclic) bond motifs is 2. The van der Waals surface area contributed by atoms with E-state index >= 15 is 0 Å². The SMILES string of the molecule is CC1(C)C(=O)Nc2nc(-c3nn(Cc4ccccc4F)c4ncccc34)nc(N3CCC(N(C(=O)O)C(C)(C)C)C3)c21. The van der Waals surface area contributed by atoms with Crippen LogP contribution in [0.5, 0.6) is 0 Å². The van der Waals surface area contributed by atoms with Crippen molar-refractivity contribution < 1.29 is 19.1 Å². The normalized spacial score (nSPS) is 17.9. The number of halogens is 1. The van der Waals surface area contributed by atoms with Crippen LogP contribution in [0.4, 0.5) is 20.8 Å². The molecule has 1 saturated heterocycles. The summed E-state index contributed by atoms with van der Waals surface area (Å²) in [5.74, 6) is 0.732. The third-order valence-electron chi connectivity index (χ3n) is 8.07. The Balaban J connectivity index is 1.46. The molecule has 11 nitrogen and oxygen atoms in total. The van der Waals surface area contributed by atoms with E-state index in [-0.39, 0.29) is 24.3 Å². The number of hydrogen-bond donors (Lipinski definition) is 2. The lowest BCUT2D eigenvalue weighted by Gasteiger charge is -2.38. The van der Waals surface area contributed by atoms with Crippen LogP contribution in [0.2, 0.25) is 0 Å². The summed E-state index contributed by atoms with van der Waals surface area (Å²) in [4.78, 5) is 43.1. The fourth-order valence-electron chi connectivity index (χ4n) is 6.04. The predicted molar refractivity (Wildman–Crippen MR) is 156 cm³/mol. The number of nitrogens with zero attached hydrogens (tertiary/aromatic N) is 7. The van der Waals surface area contributed by atoms with Gasteiger partial charge in [0.05, 0.1) is 29.0 Å². The van der Waals surface area contributed by atoms with Crippen LogP contribution in [-0.2, 0) is 16.8 Å². The maximum absolute atomic E-state index is 14.5. The van der Waals surface area contributed by atoms with Crippen molar-refractivity contribution >= 4 is 34.7 Å². The zero-order chi connectivity index (χ0) is 30.0. The molecular weight excluding hydrogens is 539 g/mol. The largest absolute Gasteiger partial charge is 0.465 e. The molecule has 3 aromatic heterocycles. The van der Waals surface area contributed by atoms with Gasteiger partial charge >= 0.3 is 6.09 Å². The number of anilines is 2. The summed E-state index contributed by atoms with van der Waals surface area (Å²) in [7, 11) is 0. The van der Waals surface area contributed by atoms with E-state index in [0.29, 0.717) is 64.8 Å². The molecule has 2 amide bonds. The first kappa shape index (κ1) is 27.6. The van der Waals surface area contributed by atoms with Crippen molar-refractivity contribution in [3.8, 4) is 11.5 Å². The molecule has 0 radical (unpaired) electrons. The van der Waals surface area contributed by atoms with Gasteiger partial charge in [-0.3, -0.25) is 9.69 Å². The summed E-state index contributed by atoms with van der Waals surface area (Å²) < 4.78 is 16.2. The van der Waals surface area contributed by atoms with E-state index in [1.165, 1.54) is 11.0 Å². The van der Waals surface area contributed by atoms with Gasteiger partial charge in [0.15, 0.2) is 11.5 Å². The van der Waals surface area contributed by atoms with Gasteiger partial charge in [0.2, 0.25) is 5.91 Å². The maximum atomic E-state index is 14.5. The summed E-state index contributed by atoms with van der Waals surface area (Å²) in [5.41, 5.74) is 0.658. The number of amides is 2. The second-order valence-corrected chi connectivity index (χ2v) is 12.4. The van der Waals surface area contributed by atoms with E-state index in [4.69, 9.17) is 15.1 Å². The van der Waals surface area contributed by atoms with E-state index in [0.717, 1.165) is 0 Å². The van der Waals surface area contributed by atoms with Crippen LogP contribution < -0.4 is 10.2 Å². The van der Waals surface area contributed by atoms with Gasteiger partial charge < -0.3 is 15.3 Å². The van der Waals surface area contributed by atoms with Crippen molar-refractivity contribution in [1.29, 1.82) is 0 Å². The number of rotatable bonds is 5. The number of pyridine rings is 1. The Morgan fingerprint density at radius 3 is 2.67 bits per heavy atom. The van der Waals surface area contributed by atoms with E-state index in [1.807, 2.05) is 45.6 Å². The lowest BCUT2D eigenvalue weighted by Crippen LogP contribution is -2.52. The minimum absolute atomic E-state index is 0.160. The van der Waals surface area contributed by atoms with Gasteiger partial charge in [-0.1, -0.05) is 18.2 Å². The van der Waals surface area contributed by atoms with Gasteiger partial charge in [-0.25, -0.2) is 28.8 Å². The summed E-state index contributed by atoms with van der Waals surface area (Å²) >= 11 is 0. The summed E-state index contributed by atoms with van der Waals surface area (Å²) in [6.07, 6.45) is 1.29. The van der Waals surface area contributed by atoms with Crippen molar-refractivity contribution in [2.24, 2.45) is 0 Å². The molecule has 1 atom stereocenters. The fraction of sp³-hybridized carbons (Fsp3) is 0.400. The summed E-state index contributed by atoms with van der Waals surface area (Å²) in [5, 5.41) is 18.4. The second-order valence-electron chi connectivity index (χ2n) is 12.4. The Labute approximate surface area is 242 Å². The molecule has 0 aliphatic carbocycles. The van der Waals surface area contributed by atoms with Gasteiger partial charge in [0.1, 0.15) is 23.1 Å². The molecular formula is C30H33FN8O3. The molecule has 42 heavy (non-hydrogen) atoms. The Morgan fingerprint density at radius 1 is 1.19 bits per heavy atom. The van der Waals surface area contributed by atoms with E-state index in [1.54, 1.807) is 35.1 Å². The van der Waals surface area contributed by atoms with Crippen LogP contribution in [0.3, 0.4) is 0 Å². The average Bonchev–Trinajstić information content (AvgIpc) is 3.59. The van der Waals surface area contributed by atoms with Crippen LogP contribution in [-0.4, -0.2) is 71.4 Å². The van der Waals surface area contributed by atoms with Crippen LogP contribution in [0.1, 0.15) is 52.2 Å². The fourth-order valence-corrected chi connectivity index (χ4v) is 6.04. The number of nitrogens with one attached hydrogen (secondary N) is 1.